The number of aromatic hydroxyl groups is 2. The SMILES string of the molecule is CC(C)NC(=O)c1ccc(NC(=O)N([C@@H]2CCC[N+](C)(Cc3cccc(O)c3)C2)[C@@H](Cc2ccc(O)cc2)C(N)=O)cc1. The van der Waals surface area contributed by atoms with Gasteiger partial charge in [-0.1, -0.05) is 24.3 Å². The molecule has 0 radical (unpaired) electrons. The number of benzene rings is 3. The number of nitrogens with two attached hydrogens (primary N) is 1. The summed E-state index contributed by atoms with van der Waals surface area (Å²) in [7, 11) is 2.12. The molecule has 4 amide bonds. The highest BCUT2D eigenvalue weighted by Crippen LogP contribution is 2.28. The second-order valence-corrected chi connectivity index (χ2v) is 12.0. The van der Waals surface area contributed by atoms with Crippen LogP contribution in [0.25, 0.3) is 0 Å². The number of carbonyl (C=O) groups is 3. The number of primary amides is 1. The summed E-state index contributed by atoms with van der Waals surface area (Å²) < 4.78 is 0.613. The van der Waals surface area contributed by atoms with E-state index in [4.69, 9.17) is 5.73 Å². The molecular formula is C33H42N5O5+. The van der Waals surface area contributed by atoms with Gasteiger partial charge in [-0.2, -0.15) is 0 Å². The first-order chi connectivity index (χ1) is 20.4. The lowest BCUT2D eigenvalue weighted by atomic mass is 9.96. The smallest absolute Gasteiger partial charge is 0.323 e. The van der Waals surface area contributed by atoms with Gasteiger partial charge in [-0.3, -0.25) is 9.59 Å². The molecule has 228 valence electrons. The maximum atomic E-state index is 14.0. The number of amides is 4. The number of quaternary nitrogens is 1. The predicted octanol–water partition coefficient (Wildman–Crippen LogP) is 3.98. The number of likely N-dealkylation sites (N-methyl/N-ethyl adjacent to an activating group) is 1. The van der Waals surface area contributed by atoms with Crippen LogP contribution < -0.4 is 16.4 Å². The molecule has 6 N–H and O–H groups in total. The molecule has 0 aromatic heterocycles. The Morgan fingerprint density at radius 3 is 2.30 bits per heavy atom. The maximum absolute atomic E-state index is 14.0. The molecule has 3 aromatic rings. The summed E-state index contributed by atoms with van der Waals surface area (Å²) in [5.41, 5.74) is 8.66. The second-order valence-electron chi connectivity index (χ2n) is 12.0. The molecule has 1 fully saturated rings. The zero-order chi connectivity index (χ0) is 31.1. The van der Waals surface area contributed by atoms with Crippen molar-refractivity contribution in [3.8, 4) is 11.5 Å². The van der Waals surface area contributed by atoms with Crippen LogP contribution in [0.4, 0.5) is 10.5 Å². The Kier molecular flexibility index (Phi) is 9.92. The molecule has 1 saturated heterocycles. The Balaban J connectivity index is 1.62. The van der Waals surface area contributed by atoms with Crippen LogP contribution in [0, 0.1) is 0 Å². The molecule has 1 aliphatic rings. The fraction of sp³-hybridized carbons (Fsp3) is 0.364. The molecule has 4 rings (SSSR count). The number of phenolic OH excluding ortho intramolecular Hbond substituents is 2. The Labute approximate surface area is 252 Å². The Bertz CT molecular complexity index is 1430. The summed E-state index contributed by atoms with van der Waals surface area (Å²) in [6.07, 6.45) is 1.70. The van der Waals surface area contributed by atoms with Crippen molar-refractivity contribution < 1.29 is 29.1 Å². The summed E-state index contributed by atoms with van der Waals surface area (Å²) in [6, 6.07) is 18.6. The van der Waals surface area contributed by atoms with Gasteiger partial charge in [-0.05, 0) is 80.8 Å². The number of hydrogen-bond donors (Lipinski definition) is 5. The number of nitrogens with zero attached hydrogens (tertiary/aromatic N) is 2. The van der Waals surface area contributed by atoms with Crippen LogP contribution in [-0.2, 0) is 17.8 Å². The van der Waals surface area contributed by atoms with Crippen LogP contribution in [0.15, 0.2) is 72.8 Å². The standard InChI is InChI=1S/C33H41N5O5/c1-22(2)35-32(42)25-11-13-26(14-12-25)36-33(43)37(30(31(34)41)19-23-9-15-28(39)16-10-23)27-7-5-17-38(3,21-27)20-24-6-4-8-29(40)18-24/h4,6,8-16,18,22,27,30H,5,7,17,19-21H2,1-3H3,(H5-,34,35,36,39,40,41,42,43)/p+1/t27-,30+,38?/m1/s1. The third-order valence-corrected chi connectivity index (χ3v) is 7.84. The fourth-order valence-corrected chi connectivity index (χ4v) is 5.86. The Morgan fingerprint density at radius 2 is 1.67 bits per heavy atom. The lowest BCUT2D eigenvalue weighted by Gasteiger charge is -2.46. The van der Waals surface area contributed by atoms with Gasteiger partial charge >= 0.3 is 6.03 Å². The van der Waals surface area contributed by atoms with E-state index in [-0.39, 0.29) is 35.9 Å². The van der Waals surface area contributed by atoms with E-state index in [2.05, 4.69) is 17.7 Å². The monoisotopic (exact) mass is 588 g/mol. The highest BCUT2D eigenvalue weighted by atomic mass is 16.3. The predicted molar refractivity (Wildman–Crippen MR) is 165 cm³/mol. The van der Waals surface area contributed by atoms with Gasteiger partial charge in [0.25, 0.3) is 5.91 Å². The maximum Gasteiger partial charge on any atom is 0.323 e. The minimum absolute atomic E-state index is 0.00749. The van der Waals surface area contributed by atoms with Gasteiger partial charge in [0.15, 0.2) is 0 Å². The minimum atomic E-state index is -0.946. The molecule has 0 bridgehead atoms. The molecule has 3 aromatic carbocycles. The van der Waals surface area contributed by atoms with Crippen molar-refractivity contribution in [2.75, 3.05) is 25.5 Å². The third kappa shape index (κ3) is 8.48. The van der Waals surface area contributed by atoms with Gasteiger partial charge in [0.1, 0.15) is 24.1 Å². The van der Waals surface area contributed by atoms with Gasteiger partial charge in [0.2, 0.25) is 5.91 Å². The number of piperidine rings is 1. The molecule has 0 aliphatic carbocycles. The zero-order valence-electron chi connectivity index (χ0n) is 25.0. The first-order valence-electron chi connectivity index (χ1n) is 14.6. The molecule has 10 nitrogen and oxygen atoms in total. The van der Waals surface area contributed by atoms with Crippen LogP contribution in [0.3, 0.4) is 0 Å². The van der Waals surface area contributed by atoms with Gasteiger partial charge in [0.05, 0.1) is 26.2 Å². The van der Waals surface area contributed by atoms with E-state index in [1.165, 1.54) is 0 Å². The van der Waals surface area contributed by atoms with Crippen molar-refractivity contribution in [1.82, 2.24) is 10.2 Å². The largest absolute Gasteiger partial charge is 0.508 e. The highest BCUT2D eigenvalue weighted by Gasteiger charge is 2.41. The van der Waals surface area contributed by atoms with Crippen LogP contribution in [0.2, 0.25) is 0 Å². The highest BCUT2D eigenvalue weighted by molar-refractivity contribution is 5.96. The summed E-state index contributed by atoms with van der Waals surface area (Å²) in [5.74, 6) is -0.527. The Hall–Kier alpha value is -4.57. The molecule has 3 atom stereocenters. The summed E-state index contributed by atoms with van der Waals surface area (Å²) in [4.78, 5) is 41.0. The third-order valence-electron chi connectivity index (χ3n) is 7.84. The average Bonchev–Trinajstić information content (AvgIpc) is 2.93. The summed E-state index contributed by atoms with van der Waals surface area (Å²) >= 11 is 0. The second kappa shape index (κ2) is 13.6. The van der Waals surface area contributed by atoms with Crippen LogP contribution in [0.1, 0.15) is 48.2 Å². The van der Waals surface area contributed by atoms with E-state index in [0.717, 1.165) is 24.1 Å². The van der Waals surface area contributed by atoms with Crippen molar-refractivity contribution in [3.05, 3.63) is 89.5 Å². The van der Waals surface area contributed by atoms with Crippen LogP contribution in [0.5, 0.6) is 11.5 Å². The molecule has 0 spiro atoms. The number of rotatable bonds is 10. The van der Waals surface area contributed by atoms with Crippen molar-refractivity contribution in [1.29, 1.82) is 0 Å². The number of urea groups is 1. The average molecular weight is 589 g/mol. The van der Waals surface area contributed by atoms with E-state index in [1.54, 1.807) is 65.6 Å². The number of anilines is 1. The van der Waals surface area contributed by atoms with E-state index >= 15 is 0 Å². The van der Waals surface area contributed by atoms with Crippen molar-refractivity contribution >= 4 is 23.5 Å². The van der Waals surface area contributed by atoms with Crippen molar-refractivity contribution in [3.63, 3.8) is 0 Å². The number of phenols is 2. The molecule has 1 heterocycles. The topological polar surface area (TPSA) is 145 Å². The fourth-order valence-electron chi connectivity index (χ4n) is 5.86. The quantitative estimate of drug-likeness (QED) is 0.228. The van der Waals surface area contributed by atoms with Crippen LogP contribution in [-0.4, -0.2) is 75.7 Å². The van der Waals surface area contributed by atoms with Crippen molar-refractivity contribution in [2.45, 2.75) is 57.8 Å². The van der Waals surface area contributed by atoms with E-state index in [9.17, 15) is 24.6 Å². The number of hydrogen-bond acceptors (Lipinski definition) is 5. The van der Waals surface area contributed by atoms with Crippen molar-refractivity contribution in [2.24, 2.45) is 5.73 Å². The number of likely N-dealkylation sites (tertiary alicyclic amines) is 1. The molecular weight excluding hydrogens is 546 g/mol. The molecule has 0 saturated carbocycles. The lowest BCUT2D eigenvalue weighted by Crippen LogP contribution is -2.62. The molecule has 1 aliphatic heterocycles. The van der Waals surface area contributed by atoms with Gasteiger partial charge in [-0.15, -0.1) is 0 Å². The molecule has 1 unspecified atom stereocenters. The zero-order valence-corrected chi connectivity index (χ0v) is 25.0. The minimum Gasteiger partial charge on any atom is -0.508 e. The summed E-state index contributed by atoms with van der Waals surface area (Å²) in [6.45, 7) is 5.87. The number of carbonyl (C=O) groups excluding carboxylic acids is 3. The summed E-state index contributed by atoms with van der Waals surface area (Å²) in [5, 5.41) is 25.5. The molecule has 10 heteroatoms. The van der Waals surface area contributed by atoms with Gasteiger partial charge < -0.3 is 36.0 Å². The molecule has 43 heavy (non-hydrogen) atoms. The van der Waals surface area contributed by atoms with E-state index in [1.807, 2.05) is 26.0 Å². The first-order valence-corrected chi connectivity index (χ1v) is 14.6. The van der Waals surface area contributed by atoms with E-state index in [0.29, 0.717) is 35.2 Å². The normalized spacial score (nSPS) is 18.9. The first kappa shape index (κ1) is 31.4. The number of nitrogens with one attached hydrogen (secondary N) is 2. The van der Waals surface area contributed by atoms with Gasteiger partial charge in [-0.25, -0.2) is 4.79 Å². The lowest BCUT2D eigenvalue weighted by molar-refractivity contribution is -0.928. The Morgan fingerprint density at radius 1 is 0.977 bits per heavy atom. The van der Waals surface area contributed by atoms with Gasteiger partial charge in [0, 0.05) is 29.3 Å². The van der Waals surface area contributed by atoms with Crippen LogP contribution >= 0.6 is 0 Å². The van der Waals surface area contributed by atoms with E-state index < -0.39 is 18.0 Å².